The van der Waals surface area contributed by atoms with Crippen molar-refractivity contribution in [2.45, 2.75) is 57.5 Å². The van der Waals surface area contributed by atoms with Crippen LogP contribution in [0.15, 0.2) is 4.99 Å². The summed E-state index contributed by atoms with van der Waals surface area (Å²) in [4.78, 5) is 8.71. The van der Waals surface area contributed by atoms with Crippen molar-refractivity contribution in [3.05, 3.63) is 0 Å². The highest BCUT2D eigenvalue weighted by Crippen LogP contribution is 2.16. The maximum absolute atomic E-state index is 12.4. The number of nitrogens with zero attached hydrogens (tertiary/aromatic N) is 3. The van der Waals surface area contributed by atoms with Crippen LogP contribution in [0.2, 0.25) is 0 Å². The Balaban J connectivity index is 0.00000312. The Morgan fingerprint density at radius 2 is 1.88 bits per heavy atom. The molecule has 0 aromatic heterocycles. The van der Waals surface area contributed by atoms with Gasteiger partial charge in [-0.05, 0) is 38.8 Å². The van der Waals surface area contributed by atoms with Crippen LogP contribution < -0.4 is 10.6 Å². The lowest BCUT2D eigenvalue weighted by Crippen LogP contribution is -2.52. The highest BCUT2D eigenvalue weighted by molar-refractivity contribution is 14.0. The van der Waals surface area contributed by atoms with E-state index in [4.69, 9.17) is 0 Å². The standard InChI is InChI=1S/C17H33F2N5.HI/c1-3-24-9-5-4-6-15(24)12-21-17(20-2)22-14-7-10-23(11-8-14)13-16(18)19;/h14-16H,3-13H2,1-2H3,(H2,20,21,22);1H. The van der Waals surface area contributed by atoms with Crippen molar-refractivity contribution in [3.8, 4) is 0 Å². The van der Waals surface area contributed by atoms with Gasteiger partial charge in [-0.3, -0.25) is 14.8 Å². The minimum Gasteiger partial charge on any atom is -0.355 e. The van der Waals surface area contributed by atoms with Gasteiger partial charge in [0.1, 0.15) is 0 Å². The fourth-order valence-corrected chi connectivity index (χ4v) is 3.77. The summed E-state index contributed by atoms with van der Waals surface area (Å²) in [5.74, 6) is 0.837. The van der Waals surface area contributed by atoms with Crippen LogP contribution in [-0.4, -0.2) is 80.6 Å². The van der Waals surface area contributed by atoms with Crippen LogP contribution in [0.3, 0.4) is 0 Å². The number of aliphatic imine (C=N–C) groups is 1. The number of guanidine groups is 1. The molecular weight excluding hydrogens is 439 g/mol. The lowest BCUT2D eigenvalue weighted by molar-refractivity contribution is 0.0744. The van der Waals surface area contributed by atoms with Crippen molar-refractivity contribution >= 4 is 29.9 Å². The van der Waals surface area contributed by atoms with Gasteiger partial charge in [-0.15, -0.1) is 24.0 Å². The Morgan fingerprint density at radius 3 is 2.48 bits per heavy atom. The number of nitrogens with one attached hydrogen (secondary N) is 2. The Hall–Kier alpha value is -0.220. The summed E-state index contributed by atoms with van der Waals surface area (Å²) < 4.78 is 24.9. The van der Waals surface area contributed by atoms with Crippen molar-refractivity contribution in [2.24, 2.45) is 4.99 Å². The molecule has 2 rings (SSSR count). The summed E-state index contributed by atoms with van der Waals surface area (Å²) in [7, 11) is 1.79. The zero-order valence-corrected chi connectivity index (χ0v) is 17.8. The molecule has 25 heavy (non-hydrogen) atoms. The van der Waals surface area contributed by atoms with Crippen molar-refractivity contribution in [1.82, 2.24) is 20.4 Å². The largest absolute Gasteiger partial charge is 0.355 e. The van der Waals surface area contributed by atoms with E-state index in [1.54, 1.807) is 7.05 Å². The van der Waals surface area contributed by atoms with Gasteiger partial charge in [-0.1, -0.05) is 13.3 Å². The highest BCUT2D eigenvalue weighted by atomic mass is 127. The lowest BCUT2D eigenvalue weighted by Gasteiger charge is -2.36. The highest BCUT2D eigenvalue weighted by Gasteiger charge is 2.23. The normalized spacial score (nSPS) is 24.2. The van der Waals surface area contributed by atoms with Gasteiger partial charge < -0.3 is 10.6 Å². The number of hydrogen-bond acceptors (Lipinski definition) is 3. The van der Waals surface area contributed by atoms with Gasteiger partial charge in [0.25, 0.3) is 6.43 Å². The molecule has 2 fully saturated rings. The van der Waals surface area contributed by atoms with Crippen molar-refractivity contribution in [3.63, 3.8) is 0 Å². The molecule has 2 saturated heterocycles. The van der Waals surface area contributed by atoms with E-state index in [9.17, 15) is 8.78 Å². The number of likely N-dealkylation sites (tertiary alicyclic amines) is 2. The number of alkyl halides is 2. The van der Waals surface area contributed by atoms with Gasteiger partial charge in [0, 0.05) is 38.8 Å². The van der Waals surface area contributed by atoms with Gasteiger partial charge in [-0.2, -0.15) is 0 Å². The van der Waals surface area contributed by atoms with E-state index in [2.05, 4.69) is 27.4 Å². The molecule has 0 saturated carbocycles. The quantitative estimate of drug-likeness (QED) is 0.353. The van der Waals surface area contributed by atoms with Crippen molar-refractivity contribution < 1.29 is 8.78 Å². The summed E-state index contributed by atoms with van der Waals surface area (Å²) >= 11 is 0. The number of likely N-dealkylation sites (N-methyl/N-ethyl adjacent to an activating group) is 1. The second-order valence-electron chi connectivity index (χ2n) is 6.84. The van der Waals surface area contributed by atoms with E-state index in [0.29, 0.717) is 12.1 Å². The molecule has 2 heterocycles. The molecule has 1 atom stereocenters. The average Bonchev–Trinajstić information content (AvgIpc) is 2.59. The number of hydrogen-bond donors (Lipinski definition) is 2. The van der Waals surface area contributed by atoms with Crippen LogP contribution in [0.5, 0.6) is 0 Å². The Bertz CT molecular complexity index is 389. The lowest BCUT2D eigenvalue weighted by atomic mass is 10.0. The smallest absolute Gasteiger partial charge is 0.251 e. The topological polar surface area (TPSA) is 42.9 Å². The number of halogens is 3. The third-order valence-corrected chi connectivity index (χ3v) is 5.21. The fraction of sp³-hybridized carbons (Fsp3) is 0.941. The molecule has 2 N–H and O–H groups in total. The van der Waals surface area contributed by atoms with Crippen LogP contribution in [-0.2, 0) is 0 Å². The molecular formula is C17H34F2IN5. The summed E-state index contributed by atoms with van der Waals surface area (Å²) in [5.41, 5.74) is 0. The first kappa shape index (κ1) is 22.8. The zero-order valence-electron chi connectivity index (χ0n) is 15.5. The van der Waals surface area contributed by atoms with Crippen LogP contribution in [0, 0.1) is 0 Å². The maximum Gasteiger partial charge on any atom is 0.251 e. The SMILES string of the molecule is CCN1CCCCC1CNC(=NC)NC1CCN(CC(F)F)CC1.I. The van der Waals surface area contributed by atoms with E-state index >= 15 is 0 Å². The minimum atomic E-state index is -2.24. The molecule has 0 amide bonds. The van der Waals surface area contributed by atoms with E-state index in [0.717, 1.165) is 45.0 Å². The number of piperidine rings is 2. The van der Waals surface area contributed by atoms with Crippen LogP contribution >= 0.6 is 24.0 Å². The first-order valence-electron chi connectivity index (χ1n) is 9.34. The molecule has 2 aliphatic heterocycles. The fourth-order valence-electron chi connectivity index (χ4n) is 3.77. The molecule has 0 aromatic rings. The predicted octanol–water partition coefficient (Wildman–Crippen LogP) is 2.37. The van der Waals surface area contributed by atoms with Gasteiger partial charge in [0.05, 0.1) is 6.54 Å². The minimum absolute atomic E-state index is 0. The summed E-state index contributed by atoms with van der Waals surface area (Å²) in [6, 6.07) is 0.897. The van der Waals surface area contributed by atoms with Crippen molar-refractivity contribution in [2.75, 3.05) is 46.3 Å². The molecule has 1 unspecified atom stereocenters. The Labute approximate surface area is 168 Å². The first-order chi connectivity index (χ1) is 11.6. The molecule has 0 bridgehead atoms. The van der Waals surface area contributed by atoms with Crippen molar-refractivity contribution in [1.29, 1.82) is 0 Å². The van der Waals surface area contributed by atoms with E-state index in [-0.39, 0.29) is 30.5 Å². The average molecular weight is 473 g/mol. The summed E-state index contributed by atoms with van der Waals surface area (Å²) in [5, 5.41) is 6.92. The third kappa shape index (κ3) is 7.90. The van der Waals surface area contributed by atoms with Crippen LogP contribution in [0.1, 0.15) is 39.0 Å². The third-order valence-electron chi connectivity index (χ3n) is 5.21. The summed E-state index contributed by atoms with van der Waals surface area (Å²) in [6.45, 7) is 6.78. The van der Waals surface area contributed by atoms with Crippen LogP contribution in [0.4, 0.5) is 8.78 Å². The Kier molecular flexibility index (Phi) is 11.2. The van der Waals surface area contributed by atoms with E-state index in [1.165, 1.54) is 25.8 Å². The second kappa shape index (κ2) is 12.2. The second-order valence-corrected chi connectivity index (χ2v) is 6.84. The molecule has 0 aromatic carbocycles. The van der Waals surface area contributed by atoms with E-state index in [1.807, 2.05) is 4.90 Å². The first-order valence-corrected chi connectivity index (χ1v) is 9.34. The molecule has 148 valence electrons. The molecule has 0 spiro atoms. The maximum atomic E-state index is 12.4. The molecule has 2 aliphatic rings. The summed E-state index contributed by atoms with van der Waals surface area (Å²) in [6.07, 6.45) is 3.38. The van der Waals surface area contributed by atoms with Gasteiger partial charge >= 0.3 is 0 Å². The molecule has 0 radical (unpaired) electrons. The van der Waals surface area contributed by atoms with Gasteiger partial charge in [0.15, 0.2) is 5.96 Å². The van der Waals surface area contributed by atoms with Gasteiger partial charge in [-0.25, -0.2) is 8.78 Å². The molecule has 0 aliphatic carbocycles. The van der Waals surface area contributed by atoms with Crippen LogP contribution in [0.25, 0.3) is 0 Å². The molecule has 8 heteroatoms. The van der Waals surface area contributed by atoms with E-state index < -0.39 is 6.43 Å². The predicted molar refractivity (Wildman–Crippen MR) is 110 cm³/mol. The number of rotatable bonds is 6. The zero-order chi connectivity index (χ0) is 17.4. The molecule has 5 nitrogen and oxygen atoms in total. The van der Waals surface area contributed by atoms with Gasteiger partial charge in [0.2, 0.25) is 0 Å². The Morgan fingerprint density at radius 1 is 1.16 bits per heavy atom. The monoisotopic (exact) mass is 473 g/mol.